The molecule has 0 saturated carbocycles. The van der Waals surface area contributed by atoms with E-state index in [2.05, 4.69) is 52.7 Å². The highest BCUT2D eigenvalue weighted by Crippen LogP contribution is 2.30. The zero-order valence-corrected chi connectivity index (χ0v) is 21.3. The molecule has 4 rings (SSSR count). The minimum absolute atomic E-state index is 0.0226. The van der Waals surface area contributed by atoms with E-state index in [4.69, 9.17) is 16.6 Å². The summed E-state index contributed by atoms with van der Waals surface area (Å²) in [5.41, 5.74) is 1.82. The minimum Gasteiger partial charge on any atom is -0.346 e. The zero-order valence-electron chi connectivity index (χ0n) is 20.5. The van der Waals surface area contributed by atoms with Crippen LogP contribution in [0.1, 0.15) is 32.5 Å². The van der Waals surface area contributed by atoms with Crippen molar-refractivity contribution in [1.29, 1.82) is 0 Å². The van der Waals surface area contributed by atoms with E-state index in [1.54, 1.807) is 18.6 Å². The number of amides is 2. The number of benzene rings is 1. The molecule has 1 aromatic carbocycles. The molecule has 1 fully saturated rings. The fourth-order valence-corrected chi connectivity index (χ4v) is 4.22. The smallest absolute Gasteiger partial charge is 0.324 e. The fourth-order valence-electron chi connectivity index (χ4n) is 4.09. The van der Waals surface area contributed by atoms with Gasteiger partial charge < -0.3 is 14.8 Å². The molecule has 0 spiro atoms. The highest BCUT2D eigenvalue weighted by atomic mass is 35.5. The SMILES string of the molecule is BC(B)(B)N1CC(C(C)C)N(c2ccnc(N[C@@H](C)c3cn(-c4ccc(Cl)cc4)cn3)n2)C1=O. The van der Waals surface area contributed by atoms with Gasteiger partial charge in [0.2, 0.25) is 5.95 Å². The number of anilines is 2. The Kier molecular flexibility index (Phi) is 6.67. The Morgan fingerprint density at radius 1 is 1.12 bits per heavy atom. The van der Waals surface area contributed by atoms with Crippen LogP contribution in [-0.4, -0.2) is 71.8 Å². The summed E-state index contributed by atoms with van der Waals surface area (Å²) < 4.78 is 1.94. The Morgan fingerprint density at radius 3 is 2.47 bits per heavy atom. The van der Waals surface area contributed by atoms with Crippen molar-refractivity contribution < 1.29 is 4.79 Å². The van der Waals surface area contributed by atoms with Gasteiger partial charge in [-0.1, -0.05) is 25.4 Å². The molecule has 2 amide bonds. The molecule has 0 radical (unpaired) electrons. The molecule has 3 heterocycles. The molecular weight excluding hydrogens is 446 g/mol. The van der Waals surface area contributed by atoms with Crippen molar-refractivity contribution >= 4 is 52.9 Å². The number of nitrogens with zero attached hydrogens (tertiary/aromatic N) is 6. The third-order valence-electron chi connectivity index (χ3n) is 6.12. The monoisotopic (exact) mass is 475 g/mol. The minimum atomic E-state index is -0.259. The Morgan fingerprint density at radius 2 is 1.82 bits per heavy atom. The number of hydrogen-bond donors (Lipinski definition) is 1. The second kappa shape index (κ2) is 9.37. The van der Waals surface area contributed by atoms with Crippen LogP contribution in [0.5, 0.6) is 0 Å². The van der Waals surface area contributed by atoms with E-state index in [0.29, 0.717) is 29.3 Å². The van der Waals surface area contributed by atoms with Crippen molar-refractivity contribution in [2.45, 2.75) is 38.1 Å². The maximum Gasteiger partial charge on any atom is 0.324 e. The van der Waals surface area contributed by atoms with Gasteiger partial charge in [-0.15, -0.1) is 0 Å². The standard InChI is InChI=1S/C22H29B3ClN7O/c1-13(2)18-11-32(22(23,24)25)21(34)33(18)19-8-9-27-20(30-19)29-14(3)17-10-31(12-28-17)16-6-4-15(26)5-7-16/h4-10,12-14,18H,11,23-25H2,1-3H3,(H,27,29,30)/t14-,18?/m0/s1. The van der Waals surface area contributed by atoms with Crippen LogP contribution < -0.4 is 10.2 Å². The van der Waals surface area contributed by atoms with Gasteiger partial charge in [-0.25, -0.2) is 14.8 Å². The third kappa shape index (κ3) is 4.94. The van der Waals surface area contributed by atoms with Gasteiger partial charge >= 0.3 is 6.03 Å². The molecule has 0 aliphatic carbocycles. The summed E-state index contributed by atoms with van der Waals surface area (Å²) in [6.45, 7) is 6.95. The molecule has 0 bridgehead atoms. The first kappa shape index (κ1) is 24.2. The summed E-state index contributed by atoms with van der Waals surface area (Å²) in [5, 5.41) is 3.76. The molecule has 3 aromatic rings. The molecule has 8 nitrogen and oxygen atoms in total. The largest absolute Gasteiger partial charge is 0.346 e. The molecule has 2 aromatic heterocycles. The number of aromatic nitrogens is 4. The Bertz CT molecular complexity index is 1170. The first-order valence-electron chi connectivity index (χ1n) is 11.5. The predicted octanol–water partition coefficient (Wildman–Crippen LogP) is 1.27. The van der Waals surface area contributed by atoms with Crippen molar-refractivity contribution in [3.8, 4) is 5.69 Å². The number of imidazole rings is 1. The summed E-state index contributed by atoms with van der Waals surface area (Å²) in [4.78, 5) is 30.7. The van der Waals surface area contributed by atoms with E-state index in [1.807, 2.05) is 51.8 Å². The molecule has 1 aliphatic heterocycles. The number of halogens is 1. The van der Waals surface area contributed by atoms with Crippen LogP contribution in [0.25, 0.3) is 5.69 Å². The Labute approximate surface area is 208 Å². The summed E-state index contributed by atoms with van der Waals surface area (Å²) in [5.74, 6) is 1.35. The van der Waals surface area contributed by atoms with E-state index < -0.39 is 0 Å². The summed E-state index contributed by atoms with van der Waals surface area (Å²) in [6, 6.07) is 9.27. The van der Waals surface area contributed by atoms with Crippen LogP contribution in [0, 0.1) is 5.92 Å². The molecule has 1 aliphatic rings. The molecule has 174 valence electrons. The summed E-state index contributed by atoms with van der Waals surface area (Å²) in [7, 11) is 6.18. The maximum absolute atomic E-state index is 13.3. The number of carbonyl (C=O) groups is 1. The van der Waals surface area contributed by atoms with Crippen LogP contribution in [-0.2, 0) is 0 Å². The predicted molar refractivity (Wildman–Crippen MR) is 144 cm³/mol. The zero-order chi connectivity index (χ0) is 24.6. The highest BCUT2D eigenvalue weighted by Gasteiger charge is 2.44. The van der Waals surface area contributed by atoms with Gasteiger partial charge in [-0.2, -0.15) is 4.98 Å². The average molecular weight is 475 g/mol. The van der Waals surface area contributed by atoms with Gasteiger partial charge in [-0.3, -0.25) is 4.90 Å². The van der Waals surface area contributed by atoms with Crippen molar-refractivity contribution in [2.75, 3.05) is 16.8 Å². The van der Waals surface area contributed by atoms with Crippen LogP contribution >= 0.6 is 11.6 Å². The topological polar surface area (TPSA) is 79.2 Å². The lowest BCUT2D eigenvalue weighted by molar-refractivity contribution is 0.220. The molecule has 1 saturated heterocycles. The number of nitrogens with one attached hydrogen (secondary N) is 1. The van der Waals surface area contributed by atoms with E-state index in [9.17, 15) is 4.79 Å². The van der Waals surface area contributed by atoms with Gasteiger partial charge in [-0.05, 0) is 48.4 Å². The summed E-state index contributed by atoms with van der Waals surface area (Å²) in [6.07, 6.45) is 5.42. The average Bonchev–Trinajstić information content (AvgIpc) is 3.39. The number of carbonyl (C=O) groups excluding carboxylic acids is 1. The van der Waals surface area contributed by atoms with Gasteiger partial charge in [0, 0.05) is 29.6 Å². The van der Waals surface area contributed by atoms with E-state index >= 15 is 0 Å². The molecule has 1 N–H and O–H groups in total. The lowest BCUT2D eigenvalue weighted by Gasteiger charge is -2.31. The van der Waals surface area contributed by atoms with Crippen LogP contribution in [0.2, 0.25) is 5.02 Å². The number of urea groups is 1. The molecule has 1 unspecified atom stereocenters. The fraction of sp³-hybridized carbons (Fsp3) is 0.364. The van der Waals surface area contributed by atoms with Gasteiger partial charge in [0.15, 0.2) is 0 Å². The van der Waals surface area contributed by atoms with E-state index in [-0.39, 0.29) is 23.4 Å². The Hall–Kier alpha value is -2.94. The lowest BCUT2D eigenvalue weighted by atomic mass is 9.48. The van der Waals surface area contributed by atoms with E-state index in [1.165, 1.54) is 0 Å². The molecule has 12 heteroatoms. The second-order valence-electron chi connectivity index (χ2n) is 10.0. The normalized spacial score (nSPS) is 17.4. The first-order chi connectivity index (χ1) is 16.0. The molecular formula is C22H29B3ClN7O. The van der Waals surface area contributed by atoms with Crippen molar-refractivity contribution in [3.05, 3.63) is 59.8 Å². The van der Waals surface area contributed by atoms with Gasteiger partial charge in [0.1, 0.15) is 29.4 Å². The van der Waals surface area contributed by atoms with Crippen LogP contribution in [0.15, 0.2) is 49.1 Å². The maximum atomic E-state index is 13.3. The van der Waals surface area contributed by atoms with Crippen molar-refractivity contribution in [1.82, 2.24) is 24.4 Å². The van der Waals surface area contributed by atoms with Crippen LogP contribution in [0.4, 0.5) is 16.6 Å². The third-order valence-corrected chi connectivity index (χ3v) is 6.37. The summed E-state index contributed by atoms with van der Waals surface area (Å²) >= 11 is 5.99. The lowest BCUT2D eigenvalue weighted by Crippen LogP contribution is -2.52. The van der Waals surface area contributed by atoms with Crippen molar-refractivity contribution in [2.24, 2.45) is 5.92 Å². The number of rotatable bonds is 7. The molecule has 2 atom stereocenters. The Balaban J connectivity index is 1.53. The van der Waals surface area contributed by atoms with Gasteiger partial charge in [0.05, 0.1) is 24.1 Å². The quantitative estimate of drug-likeness (QED) is 0.521. The van der Waals surface area contributed by atoms with E-state index in [0.717, 1.165) is 11.4 Å². The van der Waals surface area contributed by atoms with Gasteiger partial charge in [0.25, 0.3) is 0 Å². The highest BCUT2D eigenvalue weighted by molar-refractivity contribution is 6.59. The van der Waals surface area contributed by atoms with Crippen LogP contribution in [0.3, 0.4) is 0 Å². The second-order valence-corrected chi connectivity index (χ2v) is 10.5. The first-order valence-corrected chi connectivity index (χ1v) is 11.9. The number of hydrogen-bond acceptors (Lipinski definition) is 5. The van der Waals surface area contributed by atoms with Crippen molar-refractivity contribution in [3.63, 3.8) is 0 Å². The molecule has 34 heavy (non-hydrogen) atoms.